The van der Waals surface area contributed by atoms with Crippen molar-refractivity contribution in [2.75, 3.05) is 49.5 Å². The molecule has 6 heteroatoms. The molecule has 150 valence electrons. The first-order valence-corrected chi connectivity index (χ1v) is 10.6. The van der Waals surface area contributed by atoms with Gasteiger partial charge in [0, 0.05) is 62.3 Å². The summed E-state index contributed by atoms with van der Waals surface area (Å²) in [5, 5.41) is 4.55. The summed E-state index contributed by atoms with van der Waals surface area (Å²) >= 11 is 0. The van der Waals surface area contributed by atoms with E-state index >= 15 is 0 Å². The number of amides is 1. The molecule has 4 rings (SSSR count). The van der Waals surface area contributed by atoms with Gasteiger partial charge in [-0.1, -0.05) is 37.5 Å². The van der Waals surface area contributed by atoms with Crippen molar-refractivity contribution in [3.05, 3.63) is 30.3 Å². The first-order valence-electron chi connectivity index (χ1n) is 10.6. The van der Waals surface area contributed by atoms with Crippen LogP contribution in [0.15, 0.2) is 30.3 Å². The number of pyridine rings is 1. The summed E-state index contributed by atoms with van der Waals surface area (Å²) in [5.41, 5.74) is 7.74. The molecule has 3 N–H and O–H groups in total. The molecule has 2 heterocycles. The van der Waals surface area contributed by atoms with Gasteiger partial charge in [-0.2, -0.15) is 0 Å². The zero-order valence-electron chi connectivity index (χ0n) is 16.6. The van der Waals surface area contributed by atoms with Gasteiger partial charge in [-0.3, -0.25) is 4.79 Å². The summed E-state index contributed by atoms with van der Waals surface area (Å²) in [5.74, 6) is 1.60. The van der Waals surface area contributed by atoms with Crippen molar-refractivity contribution in [2.24, 2.45) is 11.7 Å². The summed E-state index contributed by atoms with van der Waals surface area (Å²) in [7, 11) is 0. The van der Waals surface area contributed by atoms with Gasteiger partial charge in [-0.15, -0.1) is 0 Å². The lowest BCUT2D eigenvalue weighted by Crippen LogP contribution is -2.50. The summed E-state index contributed by atoms with van der Waals surface area (Å²) in [6, 6.07) is 10.3. The lowest BCUT2D eigenvalue weighted by atomic mass is 9.88. The van der Waals surface area contributed by atoms with Gasteiger partial charge in [-0.05, 0) is 18.9 Å². The van der Waals surface area contributed by atoms with Crippen LogP contribution in [0.2, 0.25) is 0 Å². The van der Waals surface area contributed by atoms with Gasteiger partial charge in [0.05, 0.1) is 5.52 Å². The average molecular weight is 382 g/mol. The minimum atomic E-state index is 0.256. The second kappa shape index (κ2) is 8.78. The second-order valence-corrected chi connectivity index (χ2v) is 7.91. The molecule has 0 radical (unpaired) electrons. The van der Waals surface area contributed by atoms with Crippen LogP contribution in [0.4, 0.5) is 11.5 Å². The number of fused-ring (bicyclic) bond motifs is 1. The van der Waals surface area contributed by atoms with E-state index in [-0.39, 0.29) is 5.92 Å². The molecule has 6 nitrogen and oxygen atoms in total. The third kappa shape index (κ3) is 4.07. The number of hydrogen-bond donors (Lipinski definition) is 2. The first-order chi connectivity index (χ1) is 13.8. The van der Waals surface area contributed by atoms with Crippen LogP contribution in [-0.2, 0) is 4.79 Å². The molecule has 1 aliphatic carbocycles. The highest BCUT2D eigenvalue weighted by Crippen LogP contribution is 2.29. The minimum Gasteiger partial charge on any atom is -0.383 e. The Morgan fingerprint density at radius 3 is 2.61 bits per heavy atom. The Hall–Kier alpha value is -2.34. The number of benzene rings is 1. The van der Waals surface area contributed by atoms with Crippen molar-refractivity contribution in [1.29, 1.82) is 0 Å². The van der Waals surface area contributed by atoms with Crippen molar-refractivity contribution in [3.63, 3.8) is 0 Å². The maximum absolute atomic E-state index is 12.8. The van der Waals surface area contributed by atoms with E-state index in [0.29, 0.717) is 12.5 Å². The number of carbonyl (C=O) groups excluding carboxylic acids is 1. The second-order valence-electron chi connectivity index (χ2n) is 7.91. The Bertz CT molecular complexity index is 810. The lowest BCUT2D eigenvalue weighted by molar-refractivity contribution is -0.136. The molecule has 28 heavy (non-hydrogen) atoms. The van der Waals surface area contributed by atoms with Gasteiger partial charge in [0.25, 0.3) is 0 Å². The Morgan fingerprint density at radius 1 is 1.11 bits per heavy atom. The van der Waals surface area contributed by atoms with E-state index in [2.05, 4.69) is 33.3 Å². The Labute approximate surface area is 167 Å². The van der Waals surface area contributed by atoms with E-state index in [9.17, 15) is 4.79 Å². The number of aromatic nitrogens is 1. The quantitative estimate of drug-likeness (QED) is 0.833. The lowest BCUT2D eigenvalue weighted by Gasteiger charge is -2.37. The normalized spacial score (nSPS) is 18.5. The van der Waals surface area contributed by atoms with Crippen LogP contribution in [-0.4, -0.2) is 55.1 Å². The molecule has 0 spiro atoms. The molecule has 0 bridgehead atoms. The molecule has 1 aliphatic heterocycles. The van der Waals surface area contributed by atoms with Crippen LogP contribution in [0.1, 0.15) is 32.1 Å². The Morgan fingerprint density at radius 2 is 1.86 bits per heavy atom. The predicted molar refractivity (Wildman–Crippen MR) is 115 cm³/mol. The number of anilines is 2. The molecule has 0 atom stereocenters. The first kappa shape index (κ1) is 19.0. The third-order valence-electron chi connectivity index (χ3n) is 6.03. The van der Waals surface area contributed by atoms with Gasteiger partial charge in [0.1, 0.15) is 5.82 Å². The number of rotatable bonds is 5. The fourth-order valence-electron chi connectivity index (χ4n) is 4.44. The maximum Gasteiger partial charge on any atom is 0.225 e. The molecule has 1 aromatic carbocycles. The van der Waals surface area contributed by atoms with Crippen LogP contribution >= 0.6 is 0 Å². The van der Waals surface area contributed by atoms with E-state index in [1.165, 1.54) is 19.3 Å². The number of piperazine rings is 1. The van der Waals surface area contributed by atoms with E-state index < -0.39 is 0 Å². The van der Waals surface area contributed by atoms with Gasteiger partial charge < -0.3 is 20.9 Å². The van der Waals surface area contributed by atoms with Crippen molar-refractivity contribution in [2.45, 2.75) is 32.1 Å². The van der Waals surface area contributed by atoms with Gasteiger partial charge in [-0.25, -0.2) is 4.98 Å². The van der Waals surface area contributed by atoms with Crippen molar-refractivity contribution in [1.82, 2.24) is 9.88 Å². The third-order valence-corrected chi connectivity index (χ3v) is 6.03. The number of carbonyl (C=O) groups is 1. The molecule has 1 amide bonds. The van der Waals surface area contributed by atoms with Gasteiger partial charge >= 0.3 is 0 Å². The molecular formula is C22H31N5O. The van der Waals surface area contributed by atoms with Gasteiger partial charge in [0.2, 0.25) is 5.91 Å². The van der Waals surface area contributed by atoms with Gasteiger partial charge in [0.15, 0.2) is 0 Å². The predicted octanol–water partition coefficient (Wildman–Crippen LogP) is 2.83. The minimum absolute atomic E-state index is 0.256. The molecule has 2 aromatic rings. The Balaban J connectivity index is 1.46. The number of nitrogens with two attached hydrogens (primary N) is 1. The van der Waals surface area contributed by atoms with E-state index in [1.807, 2.05) is 12.1 Å². The molecule has 1 saturated carbocycles. The van der Waals surface area contributed by atoms with Crippen LogP contribution in [0.25, 0.3) is 10.9 Å². The fourth-order valence-corrected chi connectivity index (χ4v) is 4.44. The molecule has 2 fully saturated rings. The van der Waals surface area contributed by atoms with Crippen LogP contribution in [0.3, 0.4) is 0 Å². The SMILES string of the molecule is NCCNc1cc(N2CCN(C(=O)C3CCCCC3)CC2)nc2ccccc12. The highest BCUT2D eigenvalue weighted by Gasteiger charge is 2.28. The summed E-state index contributed by atoms with van der Waals surface area (Å²) in [4.78, 5) is 22.1. The monoisotopic (exact) mass is 381 g/mol. The zero-order chi connectivity index (χ0) is 19.3. The fraction of sp³-hybridized carbons (Fsp3) is 0.545. The summed E-state index contributed by atoms with van der Waals surface area (Å²) in [6.45, 7) is 4.57. The van der Waals surface area contributed by atoms with E-state index in [4.69, 9.17) is 10.7 Å². The molecule has 1 aromatic heterocycles. The number of nitrogens with zero attached hydrogens (tertiary/aromatic N) is 3. The Kier molecular flexibility index (Phi) is 5.95. The molecule has 0 unspecified atom stereocenters. The summed E-state index contributed by atoms with van der Waals surface area (Å²) in [6.07, 6.45) is 5.83. The van der Waals surface area contributed by atoms with Crippen LogP contribution in [0, 0.1) is 5.92 Å². The zero-order valence-corrected chi connectivity index (χ0v) is 16.6. The largest absolute Gasteiger partial charge is 0.383 e. The molecular weight excluding hydrogens is 350 g/mol. The topological polar surface area (TPSA) is 74.5 Å². The van der Waals surface area contributed by atoms with E-state index in [0.717, 1.165) is 68.0 Å². The molecule has 1 saturated heterocycles. The van der Waals surface area contributed by atoms with Crippen molar-refractivity contribution >= 4 is 28.3 Å². The van der Waals surface area contributed by atoms with Crippen molar-refractivity contribution in [3.8, 4) is 0 Å². The molecule has 2 aliphatic rings. The smallest absolute Gasteiger partial charge is 0.225 e. The van der Waals surface area contributed by atoms with Crippen LogP contribution in [0.5, 0.6) is 0 Å². The number of para-hydroxylation sites is 1. The standard InChI is InChI=1S/C22H31N5O/c23-10-11-24-20-16-21(25-19-9-5-4-8-18(19)20)26-12-14-27(15-13-26)22(28)17-6-2-1-3-7-17/h4-5,8-9,16-17H,1-3,6-7,10-15,23H2,(H,24,25). The highest BCUT2D eigenvalue weighted by molar-refractivity contribution is 5.93. The number of hydrogen-bond acceptors (Lipinski definition) is 5. The maximum atomic E-state index is 12.8. The highest BCUT2D eigenvalue weighted by atomic mass is 16.2. The van der Waals surface area contributed by atoms with E-state index in [1.54, 1.807) is 0 Å². The van der Waals surface area contributed by atoms with Crippen molar-refractivity contribution < 1.29 is 4.79 Å². The summed E-state index contributed by atoms with van der Waals surface area (Å²) < 4.78 is 0. The average Bonchev–Trinajstić information content (AvgIpc) is 2.77. The van der Waals surface area contributed by atoms with Crippen LogP contribution < -0.4 is 16.0 Å². The number of nitrogens with one attached hydrogen (secondary N) is 1.